The van der Waals surface area contributed by atoms with Gasteiger partial charge in [-0.2, -0.15) is 0 Å². The Morgan fingerprint density at radius 3 is 2.04 bits per heavy atom. The van der Waals surface area contributed by atoms with Crippen molar-refractivity contribution in [3.8, 4) is 0 Å². The largest absolute Gasteiger partial charge is 0.397 e. The van der Waals surface area contributed by atoms with Gasteiger partial charge >= 0.3 is 0 Å². The van der Waals surface area contributed by atoms with Gasteiger partial charge in [0, 0.05) is 10.4 Å². The second-order valence-electron chi connectivity index (χ2n) is 6.39. The summed E-state index contributed by atoms with van der Waals surface area (Å²) in [5.41, 5.74) is 11.3. The number of hydrogen-bond donors (Lipinski definition) is 2. The Labute approximate surface area is 142 Å². The van der Waals surface area contributed by atoms with Crippen LogP contribution in [0, 0.1) is 13.8 Å². The number of nitrogens with zero attached hydrogens (tertiary/aromatic N) is 1. The van der Waals surface area contributed by atoms with E-state index in [1.165, 1.54) is 11.1 Å². The van der Waals surface area contributed by atoms with E-state index in [0.29, 0.717) is 12.2 Å². The molecule has 3 aromatic carbocycles. The molecule has 0 spiro atoms. The van der Waals surface area contributed by atoms with Gasteiger partial charge in [0.25, 0.3) is 0 Å². The second kappa shape index (κ2) is 6.02. The Hall–Kier alpha value is -2.78. The molecule has 0 aliphatic rings. The zero-order chi connectivity index (χ0) is 17.4. The van der Waals surface area contributed by atoms with Crippen LogP contribution in [0.15, 0.2) is 42.5 Å². The summed E-state index contributed by atoms with van der Waals surface area (Å²) in [5.74, 6) is 6.37. The average molecular weight is 317 g/mol. The van der Waals surface area contributed by atoms with Gasteiger partial charge in [-0.05, 0) is 30.2 Å². The highest BCUT2D eigenvalue weighted by molar-refractivity contribution is 5.93. The monoisotopic (exact) mass is 317 g/mol. The molecule has 0 bridgehead atoms. The highest BCUT2D eigenvalue weighted by Crippen LogP contribution is 2.20. The van der Waals surface area contributed by atoms with Gasteiger partial charge in [-0.3, -0.25) is 0 Å². The molecular weight excluding hydrogens is 294 g/mol. The third kappa shape index (κ3) is 2.74. The second-order valence-corrected chi connectivity index (χ2v) is 6.39. The fourth-order valence-electron chi connectivity index (χ4n) is 3.35. The van der Waals surface area contributed by atoms with Crippen molar-refractivity contribution >= 4 is 35.3 Å². The quantitative estimate of drug-likeness (QED) is 0.444. The summed E-state index contributed by atoms with van der Waals surface area (Å²) in [6.07, 6.45) is 0. The summed E-state index contributed by atoms with van der Waals surface area (Å²) in [7, 11) is 0. The molecule has 3 nitrogen and oxygen atoms in total. The van der Waals surface area contributed by atoms with Gasteiger partial charge in [0.2, 0.25) is 0 Å². The van der Waals surface area contributed by atoms with E-state index in [1.54, 1.807) is 5.01 Å². The topological polar surface area (TPSA) is 55.3 Å². The molecule has 0 amide bonds. The smallest absolute Gasteiger partial charge is 0.0829 e. The molecule has 24 heavy (non-hydrogen) atoms. The van der Waals surface area contributed by atoms with Crippen LogP contribution in [0.25, 0.3) is 23.9 Å². The molecule has 0 atom stereocenters. The Kier molecular flexibility index (Phi) is 4.04. The molecule has 0 saturated heterocycles. The van der Waals surface area contributed by atoms with Crippen LogP contribution in [0.3, 0.4) is 0 Å². The molecule has 0 radical (unpaired) electrons. The minimum atomic E-state index is 0.563. The van der Waals surface area contributed by atoms with Crippen LogP contribution in [0.4, 0.5) is 11.4 Å². The number of hydrogen-bond acceptors (Lipinski definition) is 3. The lowest BCUT2D eigenvalue weighted by atomic mass is 10.0. The molecule has 3 rings (SSSR count). The molecule has 0 fully saturated rings. The summed E-state index contributed by atoms with van der Waals surface area (Å²) in [4.78, 5) is 0. The summed E-state index contributed by atoms with van der Waals surface area (Å²) in [6, 6.07) is 14.4. The lowest BCUT2D eigenvalue weighted by Crippen LogP contribution is -2.36. The zero-order valence-corrected chi connectivity index (χ0v) is 14.3. The normalized spacial score (nSPS) is 11.0. The van der Waals surface area contributed by atoms with Crippen molar-refractivity contribution in [3.05, 3.63) is 69.6 Å². The maximum absolute atomic E-state index is 6.37. The predicted molar refractivity (Wildman–Crippen MR) is 105 cm³/mol. The van der Waals surface area contributed by atoms with E-state index in [9.17, 15) is 0 Å². The van der Waals surface area contributed by atoms with E-state index in [-0.39, 0.29) is 0 Å². The van der Waals surface area contributed by atoms with Crippen molar-refractivity contribution in [3.63, 3.8) is 0 Å². The van der Waals surface area contributed by atoms with Crippen molar-refractivity contribution in [1.82, 2.24) is 0 Å². The first-order valence-electron chi connectivity index (χ1n) is 7.96. The third-order valence-electron chi connectivity index (χ3n) is 4.36. The minimum absolute atomic E-state index is 0.563. The molecule has 0 aliphatic heterocycles. The number of rotatable bonds is 3. The van der Waals surface area contributed by atoms with Gasteiger partial charge < -0.3 is 10.7 Å². The van der Waals surface area contributed by atoms with E-state index >= 15 is 0 Å². The Bertz CT molecular complexity index is 1000. The van der Waals surface area contributed by atoms with Gasteiger partial charge in [0.15, 0.2) is 0 Å². The fourth-order valence-corrected chi connectivity index (χ4v) is 3.35. The van der Waals surface area contributed by atoms with Crippen molar-refractivity contribution in [2.45, 2.75) is 20.4 Å². The third-order valence-corrected chi connectivity index (χ3v) is 4.36. The van der Waals surface area contributed by atoms with E-state index in [1.807, 2.05) is 24.3 Å². The van der Waals surface area contributed by atoms with Crippen molar-refractivity contribution in [2.24, 2.45) is 5.84 Å². The summed E-state index contributed by atoms with van der Waals surface area (Å²) < 4.78 is 0. The number of anilines is 2. The molecule has 122 valence electrons. The Morgan fingerprint density at radius 2 is 1.46 bits per heavy atom. The molecular formula is C21H23N3. The van der Waals surface area contributed by atoms with Crippen LogP contribution < -0.4 is 27.0 Å². The first kappa shape index (κ1) is 16.1. The maximum atomic E-state index is 6.37. The summed E-state index contributed by atoms with van der Waals surface area (Å²) in [6.45, 7) is 13.1. The number of nitrogen functional groups attached to an aromatic ring is 1. The van der Waals surface area contributed by atoms with Crippen LogP contribution in [0.1, 0.15) is 16.7 Å². The highest BCUT2D eigenvalue weighted by Gasteiger charge is 2.13. The SMILES string of the molecule is C=c1c(N)c(N(N)Cc2cc(C)cc(C)c2)c(=C)c2ccccc12. The van der Waals surface area contributed by atoms with Crippen LogP contribution in [0.5, 0.6) is 0 Å². The van der Waals surface area contributed by atoms with Crippen molar-refractivity contribution in [1.29, 1.82) is 0 Å². The average Bonchev–Trinajstić information content (AvgIpc) is 2.52. The summed E-state index contributed by atoms with van der Waals surface area (Å²) >= 11 is 0. The fraction of sp³-hybridized carbons (Fsp3) is 0.143. The number of nitrogens with two attached hydrogens (primary N) is 2. The van der Waals surface area contributed by atoms with Gasteiger partial charge in [-0.1, -0.05) is 66.7 Å². The van der Waals surface area contributed by atoms with Crippen LogP contribution in [-0.2, 0) is 6.54 Å². The van der Waals surface area contributed by atoms with E-state index in [0.717, 1.165) is 32.5 Å². The first-order valence-corrected chi connectivity index (χ1v) is 7.96. The highest BCUT2D eigenvalue weighted by atomic mass is 15.4. The zero-order valence-electron chi connectivity index (χ0n) is 14.3. The molecule has 0 saturated carbocycles. The number of hydrazine groups is 1. The number of aryl methyl sites for hydroxylation is 2. The lowest BCUT2D eigenvalue weighted by molar-refractivity contribution is 0.850. The molecule has 0 heterocycles. The van der Waals surface area contributed by atoms with Crippen LogP contribution in [0.2, 0.25) is 0 Å². The molecule has 3 heteroatoms. The van der Waals surface area contributed by atoms with E-state index < -0.39 is 0 Å². The Morgan fingerprint density at radius 1 is 0.917 bits per heavy atom. The summed E-state index contributed by atoms with van der Waals surface area (Å²) in [5, 5.41) is 5.35. The van der Waals surface area contributed by atoms with Gasteiger partial charge in [0.05, 0.1) is 17.9 Å². The standard InChI is InChI=1S/C21H23N3/c1-13-9-14(2)11-17(10-13)12-24(23)21-16(4)19-8-6-5-7-18(19)15(3)20(21)22/h5-11H,3-4,12,22-23H2,1-2H3. The lowest BCUT2D eigenvalue weighted by Gasteiger charge is -2.23. The number of fused-ring (bicyclic) bond motifs is 1. The van der Waals surface area contributed by atoms with Crippen LogP contribution in [-0.4, -0.2) is 0 Å². The van der Waals surface area contributed by atoms with Crippen LogP contribution >= 0.6 is 0 Å². The van der Waals surface area contributed by atoms with Gasteiger partial charge in [-0.15, -0.1) is 0 Å². The Balaban J connectivity index is 2.12. The molecule has 0 unspecified atom stereocenters. The molecule has 0 aromatic heterocycles. The van der Waals surface area contributed by atoms with E-state index in [4.69, 9.17) is 11.6 Å². The minimum Gasteiger partial charge on any atom is -0.397 e. The van der Waals surface area contributed by atoms with E-state index in [2.05, 4.69) is 45.2 Å². The first-order chi connectivity index (χ1) is 11.4. The molecule has 0 aliphatic carbocycles. The molecule has 3 aromatic rings. The maximum Gasteiger partial charge on any atom is 0.0829 e. The number of benzene rings is 3. The molecule has 4 N–H and O–H groups in total. The van der Waals surface area contributed by atoms with Crippen molar-refractivity contribution in [2.75, 3.05) is 10.7 Å². The van der Waals surface area contributed by atoms with Crippen molar-refractivity contribution < 1.29 is 0 Å². The van der Waals surface area contributed by atoms with Gasteiger partial charge in [0.1, 0.15) is 0 Å². The predicted octanol–water partition coefficient (Wildman–Crippen LogP) is 2.74. The van der Waals surface area contributed by atoms with Gasteiger partial charge in [-0.25, -0.2) is 5.84 Å².